The van der Waals surface area contributed by atoms with E-state index in [9.17, 15) is 4.79 Å². The van der Waals surface area contributed by atoms with Gasteiger partial charge in [0.05, 0.1) is 11.9 Å². The van der Waals surface area contributed by atoms with Crippen LogP contribution in [-0.2, 0) is 0 Å². The number of anilines is 1. The fourth-order valence-electron chi connectivity index (χ4n) is 2.70. The van der Waals surface area contributed by atoms with Gasteiger partial charge in [-0.2, -0.15) is 5.10 Å². The molecule has 4 nitrogen and oxygen atoms in total. The second kappa shape index (κ2) is 6.23. The van der Waals surface area contributed by atoms with Gasteiger partial charge in [0.25, 0.3) is 5.56 Å². The van der Waals surface area contributed by atoms with E-state index in [1.54, 1.807) is 6.20 Å². The second-order valence-electron chi connectivity index (χ2n) is 4.97. The number of nitrogens with one attached hydrogen (secondary N) is 1. The van der Waals surface area contributed by atoms with Crippen LogP contribution in [0.2, 0.25) is 5.02 Å². The van der Waals surface area contributed by atoms with Gasteiger partial charge >= 0.3 is 0 Å². The smallest absolute Gasteiger partial charge is 0.285 e. The number of aromatic nitrogens is 2. The number of halogens is 1. The van der Waals surface area contributed by atoms with Crippen molar-refractivity contribution in [1.82, 2.24) is 10.2 Å². The van der Waals surface area contributed by atoms with Crippen LogP contribution in [0.1, 0.15) is 39.0 Å². The minimum absolute atomic E-state index is 0.263. The minimum Gasteiger partial charge on any atom is -0.369 e. The summed E-state index contributed by atoms with van der Waals surface area (Å²) in [5, 5.41) is 6.47. The highest BCUT2D eigenvalue weighted by molar-refractivity contribution is 6.32. The molecule has 1 aliphatic heterocycles. The van der Waals surface area contributed by atoms with Gasteiger partial charge in [-0.3, -0.25) is 4.79 Å². The molecule has 0 saturated carbocycles. The molecule has 0 amide bonds. The summed E-state index contributed by atoms with van der Waals surface area (Å²) >= 11 is 6.05. The van der Waals surface area contributed by atoms with Gasteiger partial charge in [-0.1, -0.05) is 31.4 Å². The first-order valence-electron chi connectivity index (χ1n) is 6.70. The summed E-state index contributed by atoms with van der Waals surface area (Å²) in [6.07, 6.45) is 7.82. The van der Waals surface area contributed by atoms with Crippen molar-refractivity contribution in [2.75, 3.05) is 18.0 Å². The van der Waals surface area contributed by atoms with E-state index in [0.29, 0.717) is 0 Å². The fraction of sp³-hybridized carbons (Fsp3) is 0.692. The van der Waals surface area contributed by atoms with Gasteiger partial charge in [0.1, 0.15) is 5.02 Å². The fourth-order valence-corrected chi connectivity index (χ4v) is 2.91. The highest BCUT2D eigenvalue weighted by atomic mass is 35.5. The molecule has 2 rings (SSSR count). The number of hydrogen-bond donors (Lipinski definition) is 1. The molecule has 2 heterocycles. The van der Waals surface area contributed by atoms with E-state index >= 15 is 0 Å². The molecule has 0 aliphatic carbocycles. The van der Waals surface area contributed by atoms with E-state index in [0.717, 1.165) is 31.1 Å². The first-order chi connectivity index (χ1) is 8.72. The molecular formula is C13H20ClN3O. The predicted molar refractivity (Wildman–Crippen MR) is 74.3 cm³/mol. The lowest BCUT2D eigenvalue weighted by molar-refractivity contribution is 0.435. The summed E-state index contributed by atoms with van der Waals surface area (Å²) in [5.74, 6) is 0.814. The molecule has 1 aromatic heterocycles. The molecule has 1 N–H and O–H groups in total. The lowest BCUT2D eigenvalue weighted by atomic mass is 9.96. The molecule has 0 spiro atoms. The normalized spacial score (nSPS) is 20.8. The van der Waals surface area contributed by atoms with Crippen molar-refractivity contribution >= 4 is 17.3 Å². The Kier molecular flexibility index (Phi) is 4.64. The summed E-state index contributed by atoms with van der Waals surface area (Å²) in [7, 11) is 0. The summed E-state index contributed by atoms with van der Waals surface area (Å²) in [6, 6.07) is 0. The van der Waals surface area contributed by atoms with Crippen LogP contribution in [0, 0.1) is 5.92 Å². The molecule has 0 radical (unpaired) electrons. The van der Waals surface area contributed by atoms with Gasteiger partial charge in [0.15, 0.2) is 0 Å². The Bertz CT molecular complexity index is 446. The molecule has 1 fully saturated rings. The Morgan fingerprint density at radius 1 is 1.50 bits per heavy atom. The zero-order valence-electron chi connectivity index (χ0n) is 10.8. The molecule has 0 unspecified atom stereocenters. The minimum atomic E-state index is -0.302. The van der Waals surface area contributed by atoms with Crippen LogP contribution in [0.4, 0.5) is 5.69 Å². The van der Waals surface area contributed by atoms with E-state index in [-0.39, 0.29) is 10.6 Å². The zero-order valence-corrected chi connectivity index (χ0v) is 11.5. The van der Waals surface area contributed by atoms with Crippen LogP contribution in [-0.4, -0.2) is 23.3 Å². The SMILES string of the molecule is CCC[C@@H]1CCCN(c2cn[nH]c(=O)c2Cl)CC1. The van der Waals surface area contributed by atoms with Crippen LogP contribution in [0.3, 0.4) is 0 Å². The van der Waals surface area contributed by atoms with Crippen molar-refractivity contribution in [3.8, 4) is 0 Å². The summed E-state index contributed by atoms with van der Waals surface area (Å²) in [5.41, 5.74) is 0.473. The standard InChI is InChI=1S/C13H20ClN3O/c1-2-4-10-5-3-7-17(8-6-10)11-9-15-16-13(18)12(11)14/h9-10H,2-8H2,1H3,(H,16,18)/t10-/m1/s1. The Morgan fingerprint density at radius 3 is 3.11 bits per heavy atom. The molecule has 1 aliphatic rings. The molecule has 100 valence electrons. The van der Waals surface area contributed by atoms with Gasteiger partial charge in [-0.15, -0.1) is 0 Å². The largest absolute Gasteiger partial charge is 0.369 e. The van der Waals surface area contributed by atoms with Crippen molar-refractivity contribution < 1.29 is 0 Å². The third kappa shape index (κ3) is 3.05. The highest BCUT2D eigenvalue weighted by Crippen LogP contribution is 2.27. The second-order valence-corrected chi connectivity index (χ2v) is 5.35. The summed E-state index contributed by atoms with van der Waals surface area (Å²) < 4.78 is 0. The summed E-state index contributed by atoms with van der Waals surface area (Å²) in [6.45, 7) is 4.17. The van der Waals surface area contributed by atoms with Crippen LogP contribution >= 0.6 is 11.6 Å². The van der Waals surface area contributed by atoms with Crippen LogP contribution in [0.15, 0.2) is 11.0 Å². The Morgan fingerprint density at radius 2 is 2.33 bits per heavy atom. The topological polar surface area (TPSA) is 49.0 Å². The third-order valence-corrected chi connectivity index (χ3v) is 4.03. The molecule has 1 saturated heterocycles. The van der Waals surface area contributed by atoms with Gasteiger partial charge in [-0.05, 0) is 25.2 Å². The molecule has 0 bridgehead atoms. The molecule has 1 atom stereocenters. The van der Waals surface area contributed by atoms with Crippen molar-refractivity contribution in [3.63, 3.8) is 0 Å². The number of H-pyrrole nitrogens is 1. The van der Waals surface area contributed by atoms with Crippen molar-refractivity contribution in [2.24, 2.45) is 5.92 Å². The number of rotatable bonds is 3. The Labute approximate surface area is 112 Å². The van der Waals surface area contributed by atoms with Gasteiger partial charge in [0, 0.05) is 13.1 Å². The monoisotopic (exact) mass is 269 g/mol. The average Bonchev–Trinajstić information content (AvgIpc) is 2.59. The maximum Gasteiger partial charge on any atom is 0.285 e. The number of nitrogens with zero attached hydrogens (tertiary/aromatic N) is 2. The van der Waals surface area contributed by atoms with Crippen LogP contribution < -0.4 is 10.5 Å². The van der Waals surface area contributed by atoms with Crippen LogP contribution in [0.25, 0.3) is 0 Å². The number of aromatic amines is 1. The van der Waals surface area contributed by atoms with E-state index in [4.69, 9.17) is 11.6 Å². The maximum atomic E-state index is 11.5. The highest BCUT2D eigenvalue weighted by Gasteiger charge is 2.19. The quantitative estimate of drug-likeness (QED) is 0.918. The van der Waals surface area contributed by atoms with Crippen LogP contribution in [0.5, 0.6) is 0 Å². The lowest BCUT2D eigenvalue weighted by Gasteiger charge is -2.22. The Balaban J connectivity index is 2.10. The molecular weight excluding hydrogens is 250 g/mol. The predicted octanol–water partition coefficient (Wildman–Crippen LogP) is 2.83. The Hall–Kier alpha value is -1.03. The first kappa shape index (κ1) is 13.4. The number of hydrogen-bond acceptors (Lipinski definition) is 3. The van der Waals surface area contributed by atoms with E-state index in [1.165, 1.54) is 25.7 Å². The zero-order chi connectivity index (χ0) is 13.0. The average molecular weight is 270 g/mol. The summed E-state index contributed by atoms with van der Waals surface area (Å²) in [4.78, 5) is 13.7. The van der Waals surface area contributed by atoms with E-state index in [2.05, 4.69) is 22.0 Å². The molecule has 1 aromatic rings. The first-order valence-corrected chi connectivity index (χ1v) is 7.08. The van der Waals surface area contributed by atoms with Crippen molar-refractivity contribution in [3.05, 3.63) is 21.6 Å². The molecule has 5 heteroatoms. The van der Waals surface area contributed by atoms with Gasteiger partial charge in [0.2, 0.25) is 0 Å². The van der Waals surface area contributed by atoms with E-state index < -0.39 is 0 Å². The van der Waals surface area contributed by atoms with E-state index in [1.807, 2.05) is 0 Å². The van der Waals surface area contributed by atoms with Gasteiger partial charge in [-0.25, -0.2) is 5.10 Å². The maximum absolute atomic E-state index is 11.5. The van der Waals surface area contributed by atoms with Crippen molar-refractivity contribution in [1.29, 1.82) is 0 Å². The lowest BCUT2D eigenvalue weighted by Crippen LogP contribution is -2.27. The third-order valence-electron chi connectivity index (χ3n) is 3.66. The van der Waals surface area contributed by atoms with Gasteiger partial charge < -0.3 is 4.90 Å². The van der Waals surface area contributed by atoms with Crippen molar-refractivity contribution in [2.45, 2.75) is 39.0 Å². The molecule has 0 aromatic carbocycles. The molecule has 18 heavy (non-hydrogen) atoms.